The number of hydrogen-bond acceptors (Lipinski definition) is 3. The number of rotatable bonds is 4. The molecule has 0 bridgehead atoms. The molecule has 0 fully saturated rings. The summed E-state index contributed by atoms with van der Waals surface area (Å²) >= 11 is 0. The quantitative estimate of drug-likeness (QED) is 0.785. The molecule has 0 radical (unpaired) electrons. The Hall–Kier alpha value is -2.75. The van der Waals surface area contributed by atoms with E-state index in [1.54, 1.807) is 18.4 Å². The first kappa shape index (κ1) is 13.2. The molecule has 2 aromatic carbocycles. The summed E-state index contributed by atoms with van der Waals surface area (Å²) in [6.45, 7) is 2.40. The lowest BCUT2D eigenvalue weighted by Crippen LogP contribution is -1.96. The second-order valence-corrected chi connectivity index (χ2v) is 4.88. The van der Waals surface area contributed by atoms with Gasteiger partial charge in [-0.3, -0.25) is 0 Å². The number of benzene rings is 2. The van der Waals surface area contributed by atoms with E-state index in [-0.39, 0.29) is 5.56 Å². The van der Waals surface area contributed by atoms with Gasteiger partial charge in [-0.15, -0.1) is 0 Å². The maximum absolute atomic E-state index is 10.9. The molecule has 0 saturated carbocycles. The van der Waals surface area contributed by atoms with Gasteiger partial charge < -0.3 is 14.3 Å². The second kappa shape index (κ2) is 5.32. The molecule has 0 aliphatic rings. The summed E-state index contributed by atoms with van der Waals surface area (Å²) in [5, 5.41) is 9.83. The molecule has 0 atom stereocenters. The van der Waals surface area contributed by atoms with Crippen molar-refractivity contribution in [2.45, 2.75) is 13.5 Å². The molecule has 106 valence electrons. The van der Waals surface area contributed by atoms with Crippen molar-refractivity contribution in [2.24, 2.45) is 0 Å². The smallest absolute Gasteiger partial charge is 0.335 e. The Morgan fingerprint density at radius 2 is 1.95 bits per heavy atom. The third-order valence-electron chi connectivity index (χ3n) is 3.32. The fourth-order valence-corrected chi connectivity index (χ4v) is 2.12. The van der Waals surface area contributed by atoms with Crippen molar-refractivity contribution in [1.82, 2.24) is 0 Å². The van der Waals surface area contributed by atoms with Gasteiger partial charge in [-0.2, -0.15) is 0 Å². The molecule has 21 heavy (non-hydrogen) atoms. The first-order valence-corrected chi connectivity index (χ1v) is 6.56. The number of carboxylic acid groups (broad SMARTS) is 1. The molecule has 0 aliphatic carbocycles. The second-order valence-electron chi connectivity index (χ2n) is 4.88. The molecule has 1 heterocycles. The number of ether oxygens (including phenoxy) is 1. The number of carboxylic acids is 1. The summed E-state index contributed by atoms with van der Waals surface area (Å²) in [6.07, 6.45) is 1.60. The highest BCUT2D eigenvalue weighted by molar-refractivity contribution is 5.93. The Morgan fingerprint density at radius 1 is 1.19 bits per heavy atom. The van der Waals surface area contributed by atoms with Crippen LogP contribution in [0.5, 0.6) is 5.75 Å². The molecule has 0 saturated heterocycles. The van der Waals surface area contributed by atoms with Crippen LogP contribution in [0.2, 0.25) is 0 Å². The Bertz CT molecular complexity index is 784. The van der Waals surface area contributed by atoms with Crippen molar-refractivity contribution in [3.63, 3.8) is 0 Å². The molecular weight excluding hydrogens is 268 g/mol. The van der Waals surface area contributed by atoms with Crippen molar-refractivity contribution in [1.29, 1.82) is 0 Å². The van der Waals surface area contributed by atoms with Gasteiger partial charge >= 0.3 is 5.97 Å². The van der Waals surface area contributed by atoms with Crippen LogP contribution >= 0.6 is 0 Å². The van der Waals surface area contributed by atoms with Crippen molar-refractivity contribution >= 4 is 16.9 Å². The van der Waals surface area contributed by atoms with Crippen LogP contribution in [0.3, 0.4) is 0 Å². The van der Waals surface area contributed by atoms with Crippen LogP contribution in [0.1, 0.15) is 21.5 Å². The van der Waals surface area contributed by atoms with Gasteiger partial charge in [0.2, 0.25) is 0 Å². The summed E-state index contributed by atoms with van der Waals surface area (Å²) in [4.78, 5) is 10.9. The highest BCUT2D eigenvalue weighted by Crippen LogP contribution is 2.24. The molecular formula is C17H14O4. The van der Waals surface area contributed by atoms with Crippen LogP contribution in [-0.4, -0.2) is 11.1 Å². The number of fused-ring (bicyclic) bond motifs is 1. The molecule has 1 N–H and O–H groups in total. The zero-order valence-electron chi connectivity index (χ0n) is 11.5. The first-order chi connectivity index (χ1) is 10.1. The highest BCUT2D eigenvalue weighted by atomic mass is 16.5. The van der Waals surface area contributed by atoms with E-state index in [0.717, 1.165) is 16.7 Å². The van der Waals surface area contributed by atoms with E-state index in [1.807, 2.05) is 31.2 Å². The lowest BCUT2D eigenvalue weighted by molar-refractivity contribution is 0.0697. The molecule has 0 unspecified atom stereocenters. The number of carbonyl (C=O) groups is 1. The van der Waals surface area contributed by atoms with Gasteiger partial charge in [0.1, 0.15) is 17.9 Å². The minimum absolute atomic E-state index is 0.211. The molecule has 1 aromatic heterocycles. The van der Waals surface area contributed by atoms with E-state index in [0.29, 0.717) is 12.2 Å². The fourth-order valence-electron chi connectivity index (χ4n) is 2.12. The maximum atomic E-state index is 10.9. The first-order valence-electron chi connectivity index (χ1n) is 6.56. The third-order valence-corrected chi connectivity index (χ3v) is 3.32. The number of hydrogen-bond donors (Lipinski definition) is 1. The zero-order valence-corrected chi connectivity index (χ0v) is 11.5. The van der Waals surface area contributed by atoms with E-state index in [9.17, 15) is 4.79 Å². The summed E-state index contributed by atoms with van der Waals surface area (Å²) in [5.74, 6) is -0.178. The Morgan fingerprint density at radius 3 is 2.67 bits per heavy atom. The van der Waals surface area contributed by atoms with Gasteiger partial charge in [-0.1, -0.05) is 17.7 Å². The van der Waals surface area contributed by atoms with Gasteiger partial charge in [0.25, 0.3) is 0 Å². The SMILES string of the molecule is Cc1ccc(OCc2coc3cc(C(=O)O)ccc23)cc1. The number of furan rings is 1. The van der Waals surface area contributed by atoms with Gasteiger partial charge in [0.05, 0.1) is 11.8 Å². The topological polar surface area (TPSA) is 59.7 Å². The Labute approximate surface area is 121 Å². The molecule has 0 aliphatic heterocycles. The minimum atomic E-state index is -0.967. The fraction of sp³-hybridized carbons (Fsp3) is 0.118. The normalized spacial score (nSPS) is 10.7. The van der Waals surface area contributed by atoms with Crippen molar-refractivity contribution in [3.05, 3.63) is 65.4 Å². The van der Waals surface area contributed by atoms with E-state index in [4.69, 9.17) is 14.3 Å². The lowest BCUT2D eigenvalue weighted by atomic mass is 10.1. The van der Waals surface area contributed by atoms with Crippen LogP contribution in [0.15, 0.2) is 53.1 Å². The van der Waals surface area contributed by atoms with Gasteiger partial charge in [0, 0.05) is 10.9 Å². The monoisotopic (exact) mass is 282 g/mol. The Balaban J connectivity index is 1.81. The predicted octanol–water partition coefficient (Wildman–Crippen LogP) is 4.02. The molecule has 4 heteroatoms. The van der Waals surface area contributed by atoms with Crippen LogP contribution in [-0.2, 0) is 6.61 Å². The Kier molecular flexibility index (Phi) is 3.36. The lowest BCUT2D eigenvalue weighted by Gasteiger charge is -2.05. The average molecular weight is 282 g/mol. The van der Waals surface area contributed by atoms with E-state index in [1.165, 1.54) is 11.6 Å². The van der Waals surface area contributed by atoms with Gasteiger partial charge in [-0.25, -0.2) is 4.79 Å². The summed E-state index contributed by atoms with van der Waals surface area (Å²) in [6, 6.07) is 12.6. The van der Waals surface area contributed by atoms with Gasteiger partial charge in [-0.05, 0) is 37.3 Å². The molecule has 3 rings (SSSR count). The van der Waals surface area contributed by atoms with Crippen LogP contribution in [0, 0.1) is 6.92 Å². The zero-order chi connectivity index (χ0) is 14.8. The number of aryl methyl sites for hydroxylation is 1. The summed E-state index contributed by atoms with van der Waals surface area (Å²) < 4.78 is 11.1. The summed E-state index contributed by atoms with van der Waals surface area (Å²) in [7, 11) is 0. The van der Waals surface area contributed by atoms with E-state index in [2.05, 4.69) is 0 Å². The van der Waals surface area contributed by atoms with E-state index >= 15 is 0 Å². The van der Waals surface area contributed by atoms with Crippen molar-refractivity contribution in [2.75, 3.05) is 0 Å². The maximum Gasteiger partial charge on any atom is 0.335 e. The highest BCUT2D eigenvalue weighted by Gasteiger charge is 2.10. The molecule has 0 amide bonds. The summed E-state index contributed by atoms with van der Waals surface area (Å²) in [5.41, 5.74) is 2.83. The van der Waals surface area contributed by atoms with Crippen molar-refractivity contribution < 1.29 is 19.1 Å². The van der Waals surface area contributed by atoms with Crippen LogP contribution in [0.25, 0.3) is 11.0 Å². The average Bonchev–Trinajstić information content (AvgIpc) is 2.89. The predicted molar refractivity (Wildman–Crippen MR) is 78.7 cm³/mol. The minimum Gasteiger partial charge on any atom is -0.489 e. The standard InChI is InChI=1S/C17H14O4/c1-11-2-5-14(6-3-11)20-9-13-10-21-16-8-12(17(18)19)4-7-15(13)16/h2-8,10H,9H2,1H3,(H,18,19). The third kappa shape index (κ3) is 2.74. The molecule has 3 aromatic rings. The molecule has 0 spiro atoms. The number of aromatic carboxylic acids is 1. The molecule has 4 nitrogen and oxygen atoms in total. The van der Waals surface area contributed by atoms with Crippen LogP contribution in [0.4, 0.5) is 0 Å². The van der Waals surface area contributed by atoms with Crippen LogP contribution < -0.4 is 4.74 Å². The van der Waals surface area contributed by atoms with Crippen molar-refractivity contribution in [3.8, 4) is 5.75 Å². The largest absolute Gasteiger partial charge is 0.489 e. The van der Waals surface area contributed by atoms with Gasteiger partial charge in [0.15, 0.2) is 0 Å². The van der Waals surface area contributed by atoms with E-state index < -0.39 is 5.97 Å².